The molecule has 16 atom stereocenters. The molecule has 0 aliphatic carbocycles. The molecule has 1 unspecified atom stereocenters. The van der Waals surface area contributed by atoms with Gasteiger partial charge in [-0.05, 0) is 131 Å². The molecule has 0 radical (unpaired) electrons. The molecule has 0 amide bonds. The maximum absolute atomic E-state index is 14.5. The Bertz CT molecular complexity index is 1650. The van der Waals surface area contributed by atoms with Gasteiger partial charge in [0.1, 0.15) is 17.6 Å². The highest BCUT2D eigenvalue weighted by atomic mass is 32.1. The number of carboxylic acid groups (broad SMARTS) is 1. The molecule has 6 rings (SSSR count). The third-order valence-corrected chi connectivity index (χ3v) is 14.6. The number of nitrogens with one attached hydrogen (secondary N) is 2. The van der Waals surface area contributed by atoms with Crippen LogP contribution in [0.25, 0.3) is 0 Å². The minimum atomic E-state index is -1.17. The van der Waals surface area contributed by atoms with Crippen molar-refractivity contribution in [2.75, 3.05) is 5.32 Å². The van der Waals surface area contributed by atoms with E-state index >= 15 is 0 Å². The van der Waals surface area contributed by atoms with E-state index in [1.165, 1.54) is 12.1 Å². The highest BCUT2D eigenvalue weighted by Crippen LogP contribution is 2.54. The smallest absolute Gasteiger partial charge is 0.305 e. The zero-order valence-corrected chi connectivity index (χ0v) is 36.9. The van der Waals surface area contributed by atoms with Crippen molar-refractivity contribution in [1.82, 2.24) is 5.32 Å². The van der Waals surface area contributed by atoms with Gasteiger partial charge in [-0.25, -0.2) is 4.39 Å². The highest BCUT2D eigenvalue weighted by molar-refractivity contribution is 7.80. The Kier molecular flexibility index (Phi) is 14.2. The highest BCUT2D eigenvalue weighted by Gasteiger charge is 2.63. The first kappa shape index (κ1) is 45.1. The first-order valence-corrected chi connectivity index (χ1v) is 22.4. The third-order valence-electron chi connectivity index (χ3n) is 14.4. The van der Waals surface area contributed by atoms with Gasteiger partial charge in [0.2, 0.25) is 0 Å². The van der Waals surface area contributed by atoms with Crippen LogP contribution in [0.2, 0.25) is 0 Å². The van der Waals surface area contributed by atoms with Gasteiger partial charge in [-0.1, -0.05) is 54.5 Å². The molecule has 1 aromatic rings. The molecule has 1 aromatic carbocycles. The molecule has 5 heterocycles. The third kappa shape index (κ3) is 9.68. The van der Waals surface area contributed by atoms with Crippen LogP contribution in [-0.2, 0) is 33.3 Å². The monoisotopic (exact) mass is 828 g/mol. The topological polar surface area (TPSA) is 125 Å². The van der Waals surface area contributed by atoms with E-state index in [0.717, 1.165) is 32.1 Å². The fourth-order valence-electron chi connectivity index (χ4n) is 10.7. The number of carbonyl (C=O) groups excluding carboxylic acids is 1. The molecular weight excluding hydrogens is 760 g/mol. The van der Waals surface area contributed by atoms with Crippen LogP contribution < -0.4 is 10.6 Å². The van der Waals surface area contributed by atoms with Crippen LogP contribution in [0.5, 0.6) is 0 Å². The number of hydrogen-bond donors (Lipinski definition) is 3. The van der Waals surface area contributed by atoms with E-state index in [1.54, 1.807) is 12.1 Å². The van der Waals surface area contributed by atoms with Crippen molar-refractivity contribution in [2.45, 2.75) is 180 Å². The fourth-order valence-corrected chi connectivity index (χ4v) is 10.9. The number of thiocarbonyl (C=S) groups is 1. The van der Waals surface area contributed by atoms with Crippen LogP contribution in [-0.4, -0.2) is 75.7 Å². The second-order valence-corrected chi connectivity index (χ2v) is 19.4. The second-order valence-electron chi connectivity index (χ2n) is 19.0. The van der Waals surface area contributed by atoms with Gasteiger partial charge in [-0.2, -0.15) is 0 Å². The number of hydrogen-bond acceptors (Lipinski definition) is 8. The van der Waals surface area contributed by atoms with Gasteiger partial charge >= 0.3 is 5.97 Å². The van der Waals surface area contributed by atoms with E-state index in [9.17, 15) is 19.1 Å². The zero-order chi connectivity index (χ0) is 42.2. The number of carbonyl (C=O) groups is 2. The van der Waals surface area contributed by atoms with Crippen LogP contribution in [0.1, 0.15) is 127 Å². The second kappa shape index (κ2) is 18.2. The van der Waals surface area contributed by atoms with Crippen molar-refractivity contribution in [3.8, 4) is 0 Å². The number of halogens is 1. The Morgan fingerprint density at radius 1 is 0.948 bits per heavy atom. The fraction of sp³-hybridized carbons (Fsp3) is 0.761. The molecular formula is C46H69FN2O8S. The van der Waals surface area contributed by atoms with E-state index in [2.05, 4.69) is 72.1 Å². The molecule has 324 valence electrons. The van der Waals surface area contributed by atoms with Crippen molar-refractivity contribution < 1.29 is 42.8 Å². The van der Waals surface area contributed by atoms with Gasteiger partial charge in [-0.15, -0.1) is 0 Å². The van der Waals surface area contributed by atoms with Crippen molar-refractivity contribution in [1.29, 1.82) is 0 Å². The normalized spacial score (nSPS) is 40.5. The van der Waals surface area contributed by atoms with Crippen LogP contribution in [0, 0.1) is 47.2 Å². The summed E-state index contributed by atoms with van der Waals surface area (Å²) >= 11 is 5.80. The lowest BCUT2D eigenvalue weighted by Crippen LogP contribution is -2.65. The van der Waals surface area contributed by atoms with E-state index in [-0.39, 0.29) is 84.0 Å². The zero-order valence-electron chi connectivity index (χ0n) is 36.1. The molecule has 0 saturated carbocycles. The van der Waals surface area contributed by atoms with Crippen molar-refractivity contribution in [3.05, 3.63) is 42.2 Å². The van der Waals surface area contributed by atoms with Gasteiger partial charge in [0, 0.05) is 29.9 Å². The van der Waals surface area contributed by atoms with Gasteiger partial charge in [0.05, 0.1) is 42.5 Å². The number of rotatable bonds is 12. The Labute approximate surface area is 351 Å². The van der Waals surface area contributed by atoms with Gasteiger partial charge in [0.25, 0.3) is 0 Å². The number of ether oxygens (including phenoxy) is 5. The minimum absolute atomic E-state index is 0.00467. The maximum Gasteiger partial charge on any atom is 0.305 e. The van der Waals surface area contributed by atoms with Crippen molar-refractivity contribution in [2.24, 2.45) is 41.4 Å². The summed E-state index contributed by atoms with van der Waals surface area (Å²) < 4.78 is 48.4. The van der Waals surface area contributed by atoms with E-state index in [0.29, 0.717) is 42.4 Å². The molecule has 0 aromatic heterocycles. The minimum Gasteiger partial charge on any atom is -0.481 e. The maximum atomic E-state index is 14.5. The Morgan fingerprint density at radius 3 is 2.33 bits per heavy atom. The largest absolute Gasteiger partial charge is 0.481 e. The number of carboxylic acids is 1. The molecule has 5 aliphatic rings. The summed E-state index contributed by atoms with van der Waals surface area (Å²) in [7, 11) is 0. The summed E-state index contributed by atoms with van der Waals surface area (Å²) in [4.78, 5) is 26.0. The lowest BCUT2D eigenvalue weighted by atomic mass is 9.73. The average Bonchev–Trinajstić information content (AvgIpc) is 3.51. The Balaban J connectivity index is 1.22. The van der Waals surface area contributed by atoms with Crippen LogP contribution in [0.3, 0.4) is 0 Å². The van der Waals surface area contributed by atoms with E-state index in [1.807, 2.05) is 13.0 Å². The Morgan fingerprint density at radius 2 is 1.66 bits per heavy atom. The summed E-state index contributed by atoms with van der Waals surface area (Å²) in [6, 6.07) is 5.56. The molecule has 0 bridgehead atoms. The van der Waals surface area contributed by atoms with Gasteiger partial charge in [-0.3, -0.25) is 9.59 Å². The number of benzene rings is 1. The van der Waals surface area contributed by atoms with E-state index < -0.39 is 29.2 Å². The van der Waals surface area contributed by atoms with Crippen LogP contribution in [0.4, 0.5) is 10.1 Å². The Hall–Kier alpha value is -2.48. The number of anilines is 1. The summed E-state index contributed by atoms with van der Waals surface area (Å²) in [5.41, 5.74) is 0.0302. The molecule has 2 spiro atoms. The van der Waals surface area contributed by atoms with Gasteiger partial charge in [0.15, 0.2) is 16.7 Å². The lowest BCUT2D eigenvalue weighted by molar-refractivity contribution is -0.397. The quantitative estimate of drug-likeness (QED) is 0.138. The summed E-state index contributed by atoms with van der Waals surface area (Å²) in [5.74, 6) is -3.02. The van der Waals surface area contributed by atoms with Crippen LogP contribution in [0.15, 0.2) is 36.4 Å². The average molecular weight is 829 g/mol. The number of Topliss-reactive ketones (excluding diaryl/α,β-unsaturated/α-hetero) is 1. The van der Waals surface area contributed by atoms with Crippen molar-refractivity contribution in [3.63, 3.8) is 0 Å². The lowest BCUT2D eigenvalue weighted by Gasteiger charge is -2.55. The molecule has 10 nitrogen and oxygen atoms in total. The molecule has 58 heavy (non-hydrogen) atoms. The summed E-state index contributed by atoms with van der Waals surface area (Å²) in [6.45, 7) is 19.2. The predicted molar refractivity (Wildman–Crippen MR) is 226 cm³/mol. The summed E-state index contributed by atoms with van der Waals surface area (Å²) in [6.07, 6.45) is 10.2. The predicted octanol–water partition coefficient (Wildman–Crippen LogP) is 9.21. The first-order chi connectivity index (χ1) is 27.4. The number of ketones is 1. The van der Waals surface area contributed by atoms with Crippen molar-refractivity contribution >= 4 is 34.8 Å². The first-order valence-electron chi connectivity index (χ1n) is 22.0. The standard InChI is InChI=1S/C46H69FN2O8S/c1-10-36(40(52)28(4)23-29(5)41-27(3)11-17-35(54-41)25-39(50)51)42-30(6)24-31(7)45(55-42)20-19-37(49-43(58)48-34-15-13-33(47)14-16-34)46(57-45)22-21-44(9,56-46)38-18-12-26(2)32(8)53-38/h13-16,19-20,26-32,35-38,41-42H,10-12,17-18,21-25H2,1-9H3,(H,50,51)(H2,48,49,58)/t26-,27+,28+,29+,30+,31-,32+,35-,36?,37-,38-,41-,42+,44+,45+,46+/m1/s1. The molecule has 4 fully saturated rings. The van der Waals surface area contributed by atoms with E-state index in [4.69, 9.17) is 35.9 Å². The molecule has 12 heteroatoms. The van der Waals surface area contributed by atoms with Gasteiger partial charge < -0.3 is 39.4 Å². The molecule has 4 saturated heterocycles. The molecule has 5 aliphatic heterocycles. The number of aliphatic carboxylic acids is 1. The summed E-state index contributed by atoms with van der Waals surface area (Å²) in [5, 5.41) is 16.4. The SMILES string of the molecule is CCC(C(=O)[C@@H](C)C[C@H](C)[C@@H]1O[C@@H](CC(=O)O)CC[C@@H]1C)[C@H]1O[C@]2(C=C[C@@H](NC(=S)Nc3ccc(F)cc3)[C@]3(CC[C@@](C)([C@H]4CC[C@@H](C)[C@H](C)O4)O3)O2)[C@H](C)C[C@@H]1C. The van der Waals surface area contributed by atoms with Crippen LogP contribution >= 0.6 is 12.2 Å². The molecule has 3 N–H and O–H groups in total.